The molecule has 1 aliphatic rings. The van der Waals surface area contributed by atoms with Crippen LogP contribution in [0.5, 0.6) is 0 Å². The number of furan rings is 1. The molecule has 41 heavy (non-hydrogen) atoms. The van der Waals surface area contributed by atoms with Crippen molar-refractivity contribution in [2.75, 3.05) is 11.9 Å². The van der Waals surface area contributed by atoms with Crippen LogP contribution in [-0.2, 0) is 17.9 Å². The Morgan fingerprint density at radius 3 is 2.78 bits per heavy atom. The van der Waals surface area contributed by atoms with Crippen molar-refractivity contribution in [1.82, 2.24) is 24.6 Å². The molecule has 1 fully saturated rings. The molecular formula is C32H29N7O2. The Hall–Kier alpha value is -5.02. The monoisotopic (exact) mass is 543 g/mol. The molecule has 1 amide bonds. The highest BCUT2D eigenvalue weighted by molar-refractivity contribution is 5.94. The van der Waals surface area contributed by atoms with E-state index in [1.807, 2.05) is 65.5 Å². The van der Waals surface area contributed by atoms with Crippen LogP contribution in [0.3, 0.4) is 0 Å². The van der Waals surface area contributed by atoms with E-state index < -0.39 is 0 Å². The number of nitrogens with one attached hydrogen (secondary N) is 1. The fraction of sp³-hybridized carbons (Fsp3) is 0.188. The summed E-state index contributed by atoms with van der Waals surface area (Å²) in [4.78, 5) is 22.9. The van der Waals surface area contributed by atoms with Crippen molar-refractivity contribution in [2.24, 2.45) is 5.73 Å². The molecular weight excluding hydrogens is 514 g/mol. The SMILES string of the molecule is NC(=O)C1CCCN1Cc1ccc(-c2ccc3ncnc(Nc4ccc5c(cnn5Cc5ccccc5)c4)c3c2)o1. The molecule has 1 unspecified atom stereocenters. The van der Waals surface area contributed by atoms with E-state index in [1.165, 1.54) is 5.56 Å². The summed E-state index contributed by atoms with van der Waals surface area (Å²) in [6.45, 7) is 2.11. The Morgan fingerprint density at radius 1 is 1.00 bits per heavy atom. The number of aromatic nitrogens is 4. The molecule has 0 radical (unpaired) electrons. The largest absolute Gasteiger partial charge is 0.460 e. The van der Waals surface area contributed by atoms with Gasteiger partial charge in [-0.2, -0.15) is 5.10 Å². The summed E-state index contributed by atoms with van der Waals surface area (Å²) in [5.74, 6) is 1.99. The van der Waals surface area contributed by atoms with E-state index in [-0.39, 0.29) is 11.9 Å². The molecule has 204 valence electrons. The zero-order chi connectivity index (χ0) is 27.8. The van der Waals surface area contributed by atoms with Crippen LogP contribution >= 0.6 is 0 Å². The molecule has 9 nitrogen and oxygen atoms in total. The fourth-order valence-corrected chi connectivity index (χ4v) is 5.65. The first-order chi connectivity index (χ1) is 20.1. The Labute approximate surface area is 236 Å². The van der Waals surface area contributed by atoms with Crippen molar-refractivity contribution in [3.63, 3.8) is 0 Å². The molecule has 9 heteroatoms. The highest BCUT2D eigenvalue weighted by Gasteiger charge is 2.29. The molecule has 1 atom stereocenters. The van der Waals surface area contributed by atoms with Gasteiger partial charge in [-0.05, 0) is 73.5 Å². The number of primary amides is 1. The Bertz CT molecular complexity index is 1860. The highest BCUT2D eigenvalue weighted by Crippen LogP contribution is 2.31. The zero-order valence-electron chi connectivity index (χ0n) is 22.4. The average Bonchev–Trinajstić information content (AvgIpc) is 3.75. The van der Waals surface area contributed by atoms with Gasteiger partial charge in [0.2, 0.25) is 5.91 Å². The van der Waals surface area contributed by atoms with Crippen molar-refractivity contribution < 1.29 is 9.21 Å². The number of nitrogens with two attached hydrogens (primary N) is 1. The van der Waals surface area contributed by atoms with Gasteiger partial charge in [0.25, 0.3) is 0 Å². The van der Waals surface area contributed by atoms with Gasteiger partial charge in [0.15, 0.2) is 0 Å². The van der Waals surface area contributed by atoms with E-state index in [0.717, 1.165) is 64.0 Å². The van der Waals surface area contributed by atoms with Gasteiger partial charge in [-0.1, -0.05) is 30.3 Å². The lowest BCUT2D eigenvalue weighted by molar-refractivity contribution is -0.122. The number of benzene rings is 3. The number of likely N-dealkylation sites (tertiary alicyclic amines) is 1. The van der Waals surface area contributed by atoms with Gasteiger partial charge in [0, 0.05) is 22.0 Å². The summed E-state index contributed by atoms with van der Waals surface area (Å²) in [5, 5.41) is 10.0. The molecule has 0 aliphatic carbocycles. The molecule has 3 aromatic carbocycles. The van der Waals surface area contributed by atoms with Gasteiger partial charge in [-0.25, -0.2) is 9.97 Å². The number of amides is 1. The van der Waals surface area contributed by atoms with Crippen molar-refractivity contribution in [1.29, 1.82) is 0 Å². The van der Waals surface area contributed by atoms with Crippen LogP contribution in [0.4, 0.5) is 11.5 Å². The van der Waals surface area contributed by atoms with Gasteiger partial charge in [0.1, 0.15) is 23.7 Å². The third-order valence-corrected chi connectivity index (χ3v) is 7.71. The van der Waals surface area contributed by atoms with Gasteiger partial charge >= 0.3 is 0 Å². The first-order valence-electron chi connectivity index (χ1n) is 13.7. The number of fused-ring (bicyclic) bond motifs is 2. The Balaban J connectivity index is 1.13. The van der Waals surface area contributed by atoms with Crippen LogP contribution in [0.2, 0.25) is 0 Å². The number of carbonyl (C=O) groups is 1. The number of anilines is 2. The van der Waals surface area contributed by atoms with Gasteiger partial charge in [-0.3, -0.25) is 14.4 Å². The zero-order valence-corrected chi connectivity index (χ0v) is 22.4. The van der Waals surface area contributed by atoms with Crippen LogP contribution in [0, 0.1) is 0 Å². The second-order valence-corrected chi connectivity index (χ2v) is 10.4. The lowest BCUT2D eigenvalue weighted by Crippen LogP contribution is -2.39. The summed E-state index contributed by atoms with van der Waals surface area (Å²) >= 11 is 0. The number of rotatable bonds is 8. The van der Waals surface area contributed by atoms with Crippen LogP contribution in [0.25, 0.3) is 33.1 Å². The minimum Gasteiger partial charge on any atom is -0.460 e. The maximum atomic E-state index is 11.8. The number of hydrogen-bond acceptors (Lipinski definition) is 7. The number of hydrogen-bond donors (Lipinski definition) is 2. The van der Waals surface area contributed by atoms with Crippen LogP contribution in [-0.4, -0.2) is 43.1 Å². The number of nitrogens with zero attached hydrogens (tertiary/aromatic N) is 5. The smallest absolute Gasteiger partial charge is 0.234 e. The first kappa shape index (κ1) is 25.0. The molecule has 0 bridgehead atoms. The second-order valence-electron chi connectivity index (χ2n) is 10.4. The summed E-state index contributed by atoms with van der Waals surface area (Å²) in [6, 6.07) is 26.2. The first-order valence-corrected chi connectivity index (χ1v) is 13.7. The van der Waals surface area contributed by atoms with E-state index in [4.69, 9.17) is 10.2 Å². The minimum atomic E-state index is -0.274. The van der Waals surface area contributed by atoms with E-state index in [9.17, 15) is 4.79 Å². The molecule has 0 spiro atoms. The maximum Gasteiger partial charge on any atom is 0.234 e. The molecule has 3 N–H and O–H groups in total. The standard InChI is InChI=1S/C32H29N7O2/c33-31(40)29-7-4-14-38(29)19-25-10-13-30(41-25)22-8-11-27-26(16-22)32(35-20-34-27)37-24-9-12-28-23(15-24)17-36-39(28)18-21-5-2-1-3-6-21/h1-3,5-6,8-13,15-17,20,29H,4,7,14,18-19H2,(H2,33,40)(H,34,35,37). The Kier molecular flexibility index (Phi) is 6.41. The van der Waals surface area contributed by atoms with E-state index in [0.29, 0.717) is 18.9 Å². The fourth-order valence-electron chi connectivity index (χ4n) is 5.65. The molecule has 1 saturated heterocycles. The van der Waals surface area contributed by atoms with Crippen LogP contribution in [0.15, 0.2) is 95.8 Å². The molecule has 4 heterocycles. The maximum absolute atomic E-state index is 11.8. The topological polar surface area (TPSA) is 115 Å². The highest BCUT2D eigenvalue weighted by atomic mass is 16.3. The van der Waals surface area contributed by atoms with Crippen molar-refractivity contribution in [3.05, 3.63) is 103 Å². The summed E-state index contributed by atoms with van der Waals surface area (Å²) in [7, 11) is 0. The lowest BCUT2D eigenvalue weighted by Gasteiger charge is -2.20. The lowest BCUT2D eigenvalue weighted by atomic mass is 10.1. The summed E-state index contributed by atoms with van der Waals surface area (Å²) in [5.41, 5.74) is 10.5. The van der Waals surface area contributed by atoms with Crippen molar-refractivity contribution in [2.45, 2.75) is 32.0 Å². The minimum absolute atomic E-state index is 0.229. The van der Waals surface area contributed by atoms with E-state index in [1.54, 1.807) is 6.33 Å². The van der Waals surface area contributed by atoms with E-state index in [2.05, 4.69) is 49.5 Å². The average molecular weight is 544 g/mol. The van der Waals surface area contributed by atoms with Gasteiger partial charge < -0.3 is 15.5 Å². The third-order valence-electron chi connectivity index (χ3n) is 7.71. The predicted molar refractivity (Wildman–Crippen MR) is 158 cm³/mol. The second kappa shape index (κ2) is 10.5. The van der Waals surface area contributed by atoms with Crippen molar-refractivity contribution >= 4 is 39.2 Å². The number of carbonyl (C=O) groups excluding carboxylic acids is 1. The van der Waals surface area contributed by atoms with Gasteiger partial charge in [0.05, 0.1) is 36.4 Å². The van der Waals surface area contributed by atoms with E-state index >= 15 is 0 Å². The van der Waals surface area contributed by atoms with Crippen molar-refractivity contribution in [3.8, 4) is 11.3 Å². The molecule has 6 aromatic rings. The molecule has 7 rings (SSSR count). The summed E-state index contributed by atoms with van der Waals surface area (Å²) < 4.78 is 8.21. The Morgan fingerprint density at radius 2 is 1.90 bits per heavy atom. The molecule has 0 saturated carbocycles. The summed E-state index contributed by atoms with van der Waals surface area (Å²) in [6.07, 6.45) is 5.22. The molecule has 3 aromatic heterocycles. The third kappa shape index (κ3) is 5.03. The normalized spacial score (nSPS) is 15.6. The van der Waals surface area contributed by atoms with Gasteiger partial charge in [-0.15, -0.1) is 0 Å². The van der Waals surface area contributed by atoms with Crippen LogP contribution < -0.4 is 11.1 Å². The predicted octanol–water partition coefficient (Wildman–Crippen LogP) is 5.48. The quantitative estimate of drug-likeness (QED) is 0.261. The van der Waals surface area contributed by atoms with Crippen LogP contribution in [0.1, 0.15) is 24.2 Å². The molecule has 1 aliphatic heterocycles.